The van der Waals surface area contributed by atoms with E-state index < -0.39 is 12.1 Å². The summed E-state index contributed by atoms with van der Waals surface area (Å²) in [4.78, 5) is 33.5. The fourth-order valence-corrected chi connectivity index (χ4v) is 4.45. The average Bonchev–Trinajstić information content (AvgIpc) is 3.23. The van der Waals surface area contributed by atoms with E-state index >= 15 is 0 Å². The van der Waals surface area contributed by atoms with Gasteiger partial charge in [-0.3, -0.25) is 14.6 Å². The molecule has 0 radical (unpaired) electrons. The fraction of sp³-hybridized carbons (Fsp3) is 0.304. The smallest absolute Gasteiger partial charge is 0.312 e. The molecule has 0 saturated carbocycles. The second kappa shape index (κ2) is 9.17. The molecule has 0 unspecified atom stereocenters. The summed E-state index contributed by atoms with van der Waals surface area (Å²) in [7, 11) is 0. The molecule has 0 spiro atoms. The molecule has 1 aliphatic rings. The van der Waals surface area contributed by atoms with Gasteiger partial charge in [0, 0.05) is 23.3 Å². The largest absolute Gasteiger partial charge is 0.452 e. The zero-order chi connectivity index (χ0) is 20.9. The van der Waals surface area contributed by atoms with Gasteiger partial charge in [0.25, 0.3) is 5.91 Å². The SMILES string of the molecule is C[C@H](OC(=O)Cc1csc(-c2cccnc2)n1)C(=O)N[C@H]1CCCc2ccccc21. The zero-order valence-electron chi connectivity index (χ0n) is 16.7. The number of aryl methyl sites for hydroxylation is 1. The van der Waals surface area contributed by atoms with Crippen molar-refractivity contribution in [2.45, 2.75) is 44.8 Å². The summed E-state index contributed by atoms with van der Waals surface area (Å²) in [6.07, 6.45) is 5.55. The standard InChI is InChI=1S/C23H23N3O3S/c1-15(22(28)26-20-10-4-7-16-6-2-3-9-19(16)20)29-21(27)12-18-14-30-23(25-18)17-8-5-11-24-13-17/h2-3,5-6,8-9,11,13-15,20H,4,7,10,12H2,1H3,(H,26,28)/t15-,20-/m0/s1. The third kappa shape index (κ3) is 4.74. The lowest BCUT2D eigenvalue weighted by molar-refractivity contribution is -0.154. The quantitative estimate of drug-likeness (QED) is 0.611. The van der Waals surface area contributed by atoms with E-state index in [4.69, 9.17) is 4.74 Å². The van der Waals surface area contributed by atoms with Gasteiger partial charge in [-0.15, -0.1) is 11.3 Å². The van der Waals surface area contributed by atoms with Crippen LogP contribution in [0.2, 0.25) is 0 Å². The summed E-state index contributed by atoms with van der Waals surface area (Å²) in [6, 6.07) is 11.9. The summed E-state index contributed by atoms with van der Waals surface area (Å²) in [5, 5.41) is 5.66. The van der Waals surface area contributed by atoms with Crippen molar-refractivity contribution in [2.75, 3.05) is 0 Å². The number of aromatic nitrogens is 2. The molecule has 1 aromatic carbocycles. The van der Waals surface area contributed by atoms with Gasteiger partial charge >= 0.3 is 5.97 Å². The lowest BCUT2D eigenvalue weighted by atomic mass is 9.87. The third-order valence-corrected chi connectivity index (χ3v) is 6.09. The van der Waals surface area contributed by atoms with Gasteiger partial charge in [0.15, 0.2) is 6.10 Å². The van der Waals surface area contributed by atoms with E-state index in [-0.39, 0.29) is 18.4 Å². The normalized spacial score (nSPS) is 16.4. The summed E-state index contributed by atoms with van der Waals surface area (Å²) in [6.45, 7) is 1.60. The minimum Gasteiger partial charge on any atom is -0.452 e. The Balaban J connectivity index is 1.32. The molecule has 154 valence electrons. The maximum atomic E-state index is 12.6. The molecule has 1 amide bonds. The van der Waals surface area contributed by atoms with Gasteiger partial charge in [-0.1, -0.05) is 24.3 Å². The van der Waals surface area contributed by atoms with Gasteiger partial charge in [-0.05, 0) is 49.4 Å². The minimum atomic E-state index is -0.858. The first-order valence-electron chi connectivity index (χ1n) is 10.0. The van der Waals surface area contributed by atoms with Crippen molar-refractivity contribution in [3.63, 3.8) is 0 Å². The molecule has 0 bridgehead atoms. The molecule has 0 aliphatic heterocycles. The summed E-state index contributed by atoms with van der Waals surface area (Å²) in [5.74, 6) is -0.746. The molecule has 3 aromatic rings. The number of thiazole rings is 1. The van der Waals surface area contributed by atoms with Crippen molar-refractivity contribution in [1.29, 1.82) is 0 Å². The van der Waals surface area contributed by atoms with E-state index in [1.54, 1.807) is 19.3 Å². The monoisotopic (exact) mass is 421 g/mol. The molecule has 7 heteroatoms. The summed E-state index contributed by atoms with van der Waals surface area (Å²) < 4.78 is 5.36. The summed E-state index contributed by atoms with van der Waals surface area (Å²) >= 11 is 1.45. The Bertz CT molecular complexity index is 1030. The van der Waals surface area contributed by atoms with Crippen LogP contribution in [0, 0.1) is 0 Å². The molecule has 30 heavy (non-hydrogen) atoms. The van der Waals surface area contributed by atoms with E-state index in [0.717, 1.165) is 35.4 Å². The minimum absolute atomic E-state index is 0.0284. The van der Waals surface area contributed by atoms with Crippen LogP contribution in [0.25, 0.3) is 10.6 Å². The predicted molar refractivity (Wildman–Crippen MR) is 115 cm³/mol. The fourth-order valence-electron chi connectivity index (χ4n) is 3.64. The van der Waals surface area contributed by atoms with Crippen LogP contribution in [0.3, 0.4) is 0 Å². The van der Waals surface area contributed by atoms with Gasteiger partial charge in [0.1, 0.15) is 5.01 Å². The van der Waals surface area contributed by atoms with Crippen molar-refractivity contribution in [3.05, 3.63) is 71.0 Å². The topological polar surface area (TPSA) is 81.2 Å². The Kier molecular flexibility index (Phi) is 6.18. The van der Waals surface area contributed by atoms with Crippen molar-refractivity contribution in [2.24, 2.45) is 0 Å². The molecular weight excluding hydrogens is 398 g/mol. The molecule has 2 atom stereocenters. The number of fused-ring (bicyclic) bond motifs is 1. The first-order valence-corrected chi connectivity index (χ1v) is 10.9. The third-order valence-electron chi connectivity index (χ3n) is 5.15. The Hall–Kier alpha value is -3.06. The van der Waals surface area contributed by atoms with Crippen LogP contribution in [-0.2, 0) is 27.2 Å². The number of nitrogens with zero attached hydrogens (tertiary/aromatic N) is 2. The van der Waals surface area contributed by atoms with Crippen LogP contribution in [0.4, 0.5) is 0 Å². The first-order chi connectivity index (χ1) is 14.6. The number of nitrogens with one attached hydrogen (secondary N) is 1. The Labute approximate surface area is 179 Å². The molecular formula is C23H23N3O3S. The van der Waals surface area contributed by atoms with E-state index in [9.17, 15) is 9.59 Å². The van der Waals surface area contributed by atoms with Crippen LogP contribution in [0.5, 0.6) is 0 Å². The number of carbonyl (C=O) groups is 2. The van der Waals surface area contributed by atoms with Crippen molar-refractivity contribution >= 4 is 23.2 Å². The molecule has 4 rings (SSSR count). The molecule has 1 N–H and O–H groups in total. The van der Waals surface area contributed by atoms with E-state index in [1.807, 2.05) is 29.6 Å². The lowest BCUT2D eigenvalue weighted by Crippen LogP contribution is -2.39. The highest BCUT2D eigenvalue weighted by Crippen LogP contribution is 2.29. The van der Waals surface area contributed by atoms with Crippen molar-refractivity contribution in [3.8, 4) is 10.6 Å². The Morgan fingerprint density at radius 1 is 1.27 bits per heavy atom. The number of pyridine rings is 1. The predicted octanol–water partition coefficient (Wildman–Crippen LogP) is 3.87. The van der Waals surface area contributed by atoms with Crippen LogP contribution >= 0.6 is 11.3 Å². The van der Waals surface area contributed by atoms with Gasteiger partial charge in [-0.2, -0.15) is 0 Å². The molecule has 1 aliphatic carbocycles. The van der Waals surface area contributed by atoms with Crippen LogP contribution in [0.15, 0.2) is 54.2 Å². The van der Waals surface area contributed by atoms with Crippen LogP contribution in [0.1, 0.15) is 42.6 Å². The summed E-state index contributed by atoms with van der Waals surface area (Å²) in [5.41, 5.74) is 3.95. The maximum Gasteiger partial charge on any atom is 0.312 e. The number of ether oxygens (including phenoxy) is 1. The second-order valence-electron chi connectivity index (χ2n) is 7.35. The number of esters is 1. The van der Waals surface area contributed by atoms with Gasteiger partial charge < -0.3 is 10.1 Å². The molecule has 0 saturated heterocycles. The molecule has 6 nitrogen and oxygen atoms in total. The van der Waals surface area contributed by atoms with Gasteiger partial charge in [0.2, 0.25) is 0 Å². The Morgan fingerprint density at radius 3 is 2.97 bits per heavy atom. The van der Waals surface area contributed by atoms with Crippen LogP contribution < -0.4 is 5.32 Å². The molecule has 2 aromatic heterocycles. The molecule has 2 heterocycles. The number of rotatable bonds is 6. The molecule has 0 fully saturated rings. The number of amides is 1. The van der Waals surface area contributed by atoms with Gasteiger partial charge in [0.05, 0.1) is 18.2 Å². The second-order valence-corrected chi connectivity index (χ2v) is 8.20. The average molecular weight is 422 g/mol. The number of hydrogen-bond donors (Lipinski definition) is 1. The van der Waals surface area contributed by atoms with Crippen LogP contribution in [-0.4, -0.2) is 27.9 Å². The highest BCUT2D eigenvalue weighted by Gasteiger charge is 2.25. The van der Waals surface area contributed by atoms with E-state index in [0.29, 0.717) is 5.69 Å². The van der Waals surface area contributed by atoms with E-state index in [2.05, 4.69) is 27.4 Å². The van der Waals surface area contributed by atoms with Crippen molar-refractivity contribution in [1.82, 2.24) is 15.3 Å². The maximum absolute atomic E-state index is 12.6. The van der Waals surface area contributed by atoms with Crippen molar-refractivity contribution < 1.29 is 14.3 Å². The highest BCUT2D eigenvalue weighted by atomic mass is 32.1. The van der Waals surface area contributed by atoms with Gasteiger partial charge in [-0.25, -0.2) is 4.98 Å². The number of hydrogen-bond acceptors (Lipinski definition) is 6. The highest BCUT2D eigenvalue weighted by molar-refractivity contribution is 7.13. The van der Waals surface area contributed by atoms with E-state index in [1.165, 1.54) is 16.9 Å². The Morgan fingerprint density at radius 2 is 2.13 bits per heavy atom. The number of benzene rings is 1. The first kappa shape index (κ1) is 20.2. The number of carbonyl (C=O) groups excluding carboxylic acids is 2. The zero-order valence-corrected chi connectivity index (χ0v) is 17.5. The lowest BCUT2D eigenvalue weighted by Gasteiger charge is -2.27.